The quantitative estimate of drug-likeness (QED) is 0.913. The molecule has 0 saturated carbocycles. The summed E-state index contributed by atoms with van der Waals surface area (Å²) in [5, 5.41) is 2.60. The fourth-order valence-electron chi connectivity index (χ4n) is 1.24. The molecular formula is C11H13F2NO3S. The van der Waals surface area contributed by atoms with Crippen molar-refractivity contribution in [3.05, 3.63) is 29.8 Å². The van der Waals surface area contributed by atoms with Gasteiger partial charge < -0.3 is 5.32 Å². The van der Waals surface area contributed by atoms with E-state index in [2.05, 4.69) is 5.32 Å². The molecule has 1 aromatic carbocycles. The van der Waals surface area contributed by atoms with Gasteiger partial charge in [0.05, 0.1) is 4.90 Å². The van der Waals surface area contributed by atoms with Crippen LogP contribution < -0.4 is 5.32 Å². The smallest absolute Gasteiger partial charge is 0.341 e. The first kappa shape index (κ1) is 14.6. The molecule has 1 aromatic rings. The third-order valence-corrected chi connectivity index (χ3v) is 3.50. The van der Waals surface area contributed by atoms with Gasteiger partial charge in [-0.3, -0.25) is 4.79 Å². The zero-order valence-electron chi connectivity index (χ0n) is 9.85. The van der Waals surface area contributed by atoms with Crippen LogP contribution in [0.25, 0.3) is 0 Å². The minimum Gasteiger partial charge on any atom is -0.350 e. The number of carbonyl (C=O) groups excluding carboxylic acids is 1. The van der Waals surface area contributed by atoms with Crippen molar-refractivity contribution in [2.75, 3.05) is 0 Å². The van der Waals surface area contributed by atoms with Gasteiger partial charge in [-0.1, -0.05) is 0 Å². The number of amides is 1. The lowest BCUT2D eigenvalue weighted by Gasteiger charge is -2.08. The van der Waals surface area contributed by atoms with Gasteiger partial charge in [0.15, 0.2) is 0 Å². The Hall–Kier alpha value is -1.50. The summed E-state index contributed by atoms with van der Waals surface area (Å²) in [4.78, 5) is 11.0. The second-order valence-corrected chi connectivity index (χ2v) is 5.88. The number of sulfone groups is 1. The van der Waals surface area contributed by atoms with E-state index in [1.54, 1.807) is 13.8 Å². The Labute approximate surface area is 104 Å². The third kappa shape index (κ3) is 3.25. The average molecular weight is 277 g/mol. The zero-order chi connectivity index (χ0) is 13.9. The first-order chi connectivity index (χ1) is 8.25. The van der Waals surface area contributed by atoms with Gasteiger partial charge in [-0.25, -0.2) is 8.42 Å². The van der Waals surface area contributed by atoms with Gasteiger partial charge in [-0.05, 0) is 38.1 Å². The van der Waals surface area contributed by atoms with Crippen LogP contribution in [0.1, 0.15) is 24.2 Å². The largest absolute Gasteiger partial charge is 0.350 e. The first-order valence-electron chi connectivity index (χ1n) is 5.18. The Kier molecular flexibility index (Phi) is 4.39. The monoisotopic (exact) mass is 277 g/mol. The molecule has 7 heteroatoms. The van der Waals surface area contributed by atoms with Gasteiger partial charge in [-0.15, -0.1) is 0 Å². The Morgan fingerprint density at radius 1 is 1.17 bits per heavy atom. The topological polar surface area (TPSA) is 63.2 Å². The highest BCUT2D eigenvalue weighted by molar-refractivity contribution is 7.91. The molecule has 0 aliphatic carbocycles. The molecule has 0 spiro atoms. The summed E-state index contributed by atoms with van der Waals surface area (Å²) in [5.41, 5.74) is 0.219. The van der Waals surface area contributed by atoms with Gasteiger partial charge in [0, 0.05) is 11.6 Å². The maximum Gasteiger partial charge on any atom is 0.341 e. The van der Waals surface area contributed by atoms with Crippen LogP contribution in [0.4, 0.5) is 8.78 Å². The highest BCUT2D eigenvalue weighted by Gasteiger charge is 2.26. The molecular weight excluding hydrogens is 264 g/mol. The van der Waals surface area contributed by atoms with Crippen molar-refractivity contribution in [1.82, 2.24) is 5.32 Å². The molecule has 0 unspecified atom stereocenters. The molecule has 0 aliphatic rings. The van der Waals surface area contributed by atoms with Crippen LogP contribution in [0.5, 0.6) is 0 Å². The van der Waals surface area contributed by atoms with Crippen molar-refractivity contribution in [2.45, 2.75) is 30.5 Å². The van der Waals surface area contributed by atoms with Crippen molar-refractivity contribution in [3.63, 3.8) is 0 Å². The lowest BCUT2D eigenvalue weighted by Crippen LogP contribution is -2.30. The Morgan fingerprint density at radius 3 is 2.06 bits per heavy atom. The summed E-state index contributed by atoms with van der Waals surface area (Å²) >= 11 is 0. The Bertz CT molecular complexity index is 524. The predicted octanol–water partition coefficient (Wildman–Crippen LogP) is 1.82. The van der Waals surface area contributed by atoms with E-state index in [1.165, 1.54) is 12.1 Å². The van der Waals surface area contributed by atoms with Crippen LogP contribution >= 0.6 is 0 Å². The van der Waals surface area contributed by atoms with E-state index in [1.807, 2.05) is 0 Å². The average Bonchev–Trinajstić information content (AvgIpc) is 2.28. The zero-order valence-corrected chi connectivity index (χ0v) is 10.7. The molecule has 0 radical (unpaired) electrons. The molecule has 1 amide bonds. The molecule has 4 nitrogen and oxygen atoms in total. The molecule has 0 heterocycles. The molecule has 18 heavy (non-hydrogen) atoms. The third-order valence-electron chi connectivity index (χ3n) is 2.10. The van der Waals surface area contributed by atoms with Gasteiger partial charge in [-0.2, -0.15) is 8.78 Å². The van der Waals surface area contributed by atoms with Crippen molar-refractivity contribution < 1.29 is 22.0 Å². The van der Waals surface area contributed by atoms with E-state index >= 15 is 0 Å². The summed E-state index contributed by atoms with van der Waals surface area (Å²) in [6.07, 6.45) is 0. The normalized spacial score (nSPS) is 11.9. The highest BCUT2D eigenvalue weighted by Crippen LogP contribution is 2.18. The standard InChI is InChI=1S/C11H13F2NO3S/c1-7(2)14-10(15)8-3-5-9(6-4-8)18(16,17)11(12)13/h3-7,11H,1-2H3,(H,14,15). The fourth-order valence-corrected chi connectivity index (χ4v) is 1.97. The summed E-state index contributed by atoms with van der Waals surface area (Å²) in [6, 6.07) is 4.33. The van der Waals surface area contributed by atoms with Gasteiger partial charge >= 0.3 is 5.76 Å². The van der Waals surface area contributed by atoms with Crippen LogP contribution in [-0.4, -0.2) is 26.1 Å². The van der Waals surface area contributed by atoms with Crippen molar-refractivity contribution in [2.24, 2.45) is 0 Å². The number of benzene rings is 1. The number of rotatable bonds is 4. The fraction of sp³-hybridized carbons (Fsp3) is 0.364. The minimum absolute atomic E-state index is 0.0676. The molecule has 0 bridgehead atoms. The van der Waals surface area contributed by atoms with Gasteiger partial charge in [0.1, 0.15) is 0 Å². The van der Waals surface area contributed by atoms with Crippen LogP contribution in [0.3, 0.4) is 0 Å². The summed E-state index contributed by atoms with van der Waals surface area (Å²) in [5.74, 6) is -3.85. The van der Waals surface area contributed by atoms with Crippen LogP contribution in [0.2, 0.25) is 0 Å². The summed E-state index contributed by atoms with van der Waals surface area (Å²) < 4.78 is 46.8. The molecule has 0 atom stereocenters. The number of carbonyl (C=O) groups is 1. The highest BCUT2D eigenvalue weighted by atomic mass is 32.2. The second kappa shape index (κ2) is 5.43. The number of hydrogen-bond acceptors (Lipinski definition) is 3. The maximum atomic E-state index is 12.3. The number of nitrogens with one attached hydrogen (secondary N) is 1. The summed E-state index contributed by atoms with van der Waals surface area (Å²) in [6.45, 7) is 3.54. The van der Waals surface area contributed by atoms with Gasteiger partial charge in [0.2, 0.25) is 9.84 Å². The molecule has 1 rings (SSSR count). The van der Waals surface area contributed by atoms with Crippen LogP contribution in [0, 0.1) is 0 Å². The Morgan fingerprint density at radius 2 is 1.67 bits per heavy atom. The van der Waals surface area contributed by atoms with E-state index < -0.39 is 20.5 Å². The van der Waals surface area contributed by atoms with E-state index in [9.17, 15) is 22.0 Å². The second-order valence-electron chi connectivity index (χ2n) is 3.96. The number of hydrogen-bond donors (Lipinski definition) is 1. The van der Waals surface area contributed by atoms with Crippen molar-refractivity contribution in [1.29, 1.82) is 0 Å². The SMILES string of the molecule is CC(C)NC(=O)c1ccc(S(=O)(=O)C(F)F)cc1. The van der Waals surface area contributed by atoms with E-state index in [-0.39, 0.29) is 17.5 Å². The lowest BCUT2D eigenvalue weighted by atomic mass is 10.2. The van der Waals surface area contributed by atoms with Crippen LogP contribution in [0.15, 0.2) is 29.2 Å². The number of halogens is 2. The molecule has 100 valence electrons. The Balaban J connectivity index is 2.97. The van der Waals surface area contributed by atoms with Crippen molar-refractivity contribution in [3.8, 4) is 0 Å². The molecule has 0 aromatic heterocycles. The first-order valence-corrected chi connectivity index (χ1v) is 6.72. The lowest BCUT2D eigenvalue weighted by molar-refractivity contribution is 0.0943. The maximum absolute atomic E-state index is 12.3. The van der Waals surface area contributed by atoms with E-state index in [0.717, 1.165) is 12.1 Å². The van der Waals surface area contributed by atoms with E-state index in [4.69, 9.17) is 0 Å². The van der Waals surface area contributed by atoms with Gasteiger partial charge in [0.25, 0.3) is 5.91 Å². The van der Waals surface area contributed by atoms with Crippen LogP contribution in [-0.2, 0) is 9.84 Å². The molecule has 0 fully saturated rings. The van der Waals surface area contributed by atoms with E-state index in [0.29, 0.717) is 0 Å². The van der Waals surface area contributed by atoms with Crippen molar-refractivity contribution >= 4 is 15.7 Å². The predicted molar refractivity (Wildman–Crippen MR) is 62.2 cm³/mol. The molecule has 0 aliphatic heterocycles. The molecule has 1 N–H and O–H groups in total. The molecule has 0 saturated heterocycles. The minimum atomic E-state index is -4.61. The number of alkyl halides is 2. The summed E-state index contributed by atoms with van der Waals surface area (Å²) in [7, 11) is -4.61.